The van der Waals surface area contributed by atoms with E-state index in [-0.39, 0.29) is 0 Å². The fraction of sp³-hybridized carbons (Fsp3) is 0.417. The number of nitrogens with zero attached hydrogens (tertiary/aromatic N) is 1. The van der Waals surface area contributed by atoms with Crippen molar-refractivity contribution < 1.29 is 4.74 Å². The molecule has 0 saturated heterocycles. The number of nitriles is 1. The normalized spacial score (nSPS) is 9.57. The summed E-state index contributed by atoms with van der Waals surface area (Å²) >= 11 is 0. The molecular weight excluding hydrogens is 174 g/mol. The minimum atomic E-state index is 0.715. The number of benzene rings is 1. The van der Waals surface area contributed by atoms with Crippen LogP contribution in [0.2, 0.25) is 0 Å². The van der Waals surface area contributed by atoms with Crippen LogP contribution >= 0.6 is 0 Å². The highest BCUT2D eigenvalue weighted by Gasteiger charge is 2.07. The van der Waals surface area contributed by atoms with Crippen molar-refractivity contribution in [2.45, 2.75) is 26.7 Å². The van der Waals surface area contributed by atoms with E-state index in [1.807, 2.05) is 19.1 Å². The molecule has 0 N–H and O–H groups in total. The smallest absolute Gasteiger partial charge is 0.125 e. The second-order valence-electron chi connectivity index (χ2n) is 3.35. The Morgan fingerprint density at radius 3 is 2.64 bits per heavy atom. The molecule has 14 heavy (non-hydrogen) atoms. The SMILES string of the molecule is CCCc1cc(C#N)cc(C)c1OC. The summed E-state index contributed by atoms with van der Waals surface area (Å²) in [5.41, 5.74) is 2.88. The highest BCUT2D eigenvalue weighted by molar-refractivity contribution is 5.47. The Morgan fingerprint density at radius 2 is 2.14 bits per heavy atom. The monoisotopic (exact) mass is 189 g/mol. The average molecular weight is 189 g/mol. The molecule has 0 atom stereocenters. The van der Waals surface area contributed by atoms with Gasteiger partial charge in [-0.1, -0.05) is 13.3 Å². The van der Waals surface area contributed by atoms with Gasteiger partial charge in [0.25, 0.3) is 0 Å². The highest BCUT2D eigenvalue weighted by Crippen LogP contribution is 2.25. The lowest BCUT2D eigenvalue weighted by molar-refractivity contribution is 0.406. The van der Waals surface area contributed by atoms with Crippen LogP contribution in [-0.4, -0.2) is 7.11 Å². The van der Waals surface area contributed by atoms with Crippen molar-refractivity contribution in [2.24, 2.45) is 0 Å². The summed E-state index contributed by atoms with van der Waals surface area (Å²) < 4.78 is 5.32. The van der Waals surface area contributed by atoms with Gasteiger partial charge in [0, 0.05) is 0 Å². The van der Waals surface area contributed by atoms with Crippen LogP contribution in [0.3, 0.4) is 0 Å². The van der Waals surface area contributed by atoms with Crippen LogP contribution < -0.4 is 4.74 Å². The van der Waals surface area contributed by atoms with E-state index in [2.05, 4.69) is 13.0 Å². The van der Waals surface area contributed by atoms with Crippen molar-refractivity contribution >= 4 is 0 Å². The summed E-state index contributed by atoms with van der Waals surface area (Å²) in [6.07, 6.45) is 2.02. The first kappa shape index (κ1) is 10.6. The van der Waals surface area contributed by atoms with Gasteiger partial charge in [0.1, 0.15) is 5.75 Å². The van der Waals surface area contributed by atoms with Gasteiger partial charge in [-0.05, 0) is 36.6 Å². The van der Waals surface area contributed by atoms with Gasteiger partial charge in [-0.15, -0.1) is 0 Å². The molecular formula is C12H15NO. The zero-order valence-electron chi connectivity index (χ0n) is 8.92. The third-order valence-corrected chi connectivity index (χ3v) is 2.20. The number of aryl methyl sites for hydroxylation is 2. The van der Waals surface area contributed by atoms with Crippen LogP contribution in [0.4, 0.5) is 0 Å². The molecule has 0 unspecified atom stereocenters. The van der Waals surface area contributed by atoms with Crippen molar-refractivity contribution in [3.63, 3.8) is 0 Å². The Kier molecular flexibility index (Phi) is 3.53. The van der Waals surface area contributed by atoms with Gasteiger partial charge in [-0.25, -0.2) is 0 Å². The van der Waals surface area contributed by atoms with Crippen molar-refractivity contribution in [1.82, 2.24) is 0 Å². The van der Waals surface area contributed by atoms with E-state index in [1.54, 1.807) is 7.11 Å². The van der Waals surface area contributed by atoms with E-state index in [4.69, 9.17) is 10.00 Å². The second kappa shape index (κ2) is 4.66. The molecule has 74 valence electrons. The minimum Gasteiger partial charge on any atom is -0.496 e. The average Bonchev–Trinajstić information content (AvgIpc) is 2.18. The van der Waals surface area contributed by atoms with Gasteiger partial charge in [0.15, 0.2) is 0 Å². The maximum absolute atomic E-state index is 8.83. The number of rotatable bonds is 3. The molecule has 2 heteroatoms. The Bertz CT molecular complexity index is 363. The molecule has 0 bridgehead atoms. The largest absolute Gasteiger partial charge is 0.496 e. The molecule has 0 heterocycles. The number of ether oxygens (including phenoxy) is 1. The molecule has 1 rings (SSSR count). The predicted molar refractivity (Wildman–Crippen MR) is 56.4 cm³/mol. The first-order valence-corrected chi connectivity index (χ1v) is 4.80. The van der Waals surface area contributed by atoms with E-state index >= 15 is 0 Å². The quantitative estimate of drug-likeness (QED) is 0.732. The molecule has 0 aliphatic heterocycles. The summed E-state index contributed by atoms with van der Waals surface area (Å²) in [5.74, 6) is 0.922. The summed E-state index contributed by atoms with van der Waals surface area (Å²) in [6.45, 7) is 4.09. The van der Waals surface area contributed by atoms with Crippen molar-refractivity contribution in [3.8, 4) is 11.8 Å². The second-order valence-corrected chi connectivity index (χ2v) is 3.35. The molecule has 1 aromatic carbocycles. The van der Waals surface area contributed by atoms with E-state index in [9.17, 15) is 0 Å². The van der Waals surface area contributed by atoms with Gasteiger partial charge in [0.05, 0.1) is 18.7 Å². The van der Waals surface area contributed by atoms with Crippen molar-refractivity contribution in [3.05, 3.63) is 28.8 Å². The first-order valence-electron chi connectivity index (χ1n) is 4.80. The fourth-order valence-corrected chi connectivity index (χ4v) is 1.66. The van der Waals surface area contributed by atoms with Crippen LogP contribution in [0.15, 0.2) is 12.1 Å². The Morgan fingerprint density at radius 1 is 1.43 bits per heavy atom. The van der Waals surface area contributed by atoms with Gasteiger partial charge in [0.2, 0.25) is 0 Å². The molecule has 0 spiro atoms. The Hall–Kier alpha value is -1.49. The highest BCUT2D eigenvalue weighted by atomic mass is 16.5. The zero-order chi connectivity index (χ0) is 10.6. The van der Waals surface area contributed by atoms with Crippen molar-refractivity contribution in [2.75, 3.05) is 7.11 Å². The summed E-state index contributed by atoms with van der Waals surface area (Å²) in [4.78, 5) is 0. The standard InChI is InChI=1S/C12H15NO/c1-4-5-11-7-10(8-13)6-9(2)12(11)14-3/h6-7H,4-5H2,1-3H3. The van der Waals surface area contributed by atoms with Crippen LogP contribution in [0, 0.1) is 18.3 Å². The van der Waals surface area contributed by atoms with E-state index < -0.39 is 0 Å². The third-order valence-electron chi connectivity index (χ3n) is 2.20. The molecule has 0 aromatic heterocycles. The fourth-order valence-electron chi connectivity index (χ4n) is 1.66. The molecule has 0 fully saturated rings. The van der Waals surface area contributed by atoms with Crippen molar-refractivity contribution in [1.29, 1.82) is 5.26 Å². The Balaban J connectivity index is 3.22. The maximum Gasteiger partial charge on any atom is 0.125 e. The predicted octanol–water partition coefficient (Wildman–Crippen LogP) is 2.83. The number of methoxy groups -OCH3 is 1. The molecule has 0 aliphatic carbocycles. The van der Waals surface area contributed by atoms with E-state index in [0.717, 1.165) is 29.7 Å². The van der Waals surface area contributed by atoms with Gasteiger partial charge in [-0.3, -0.25) is 0 Å². The van der Waals surface area contributed by atoms with E-state index in [0.29, 0.717) is 5.56 Å². The molecule has 0 saturated carbocycles. The molecule has 0 aliphatic rings. The van der Waals surface area contributed by atoms with E-state index in [1.165, 1.54) is 0 Å². The number of hydrogen-bond donors (Lipinski definition) is 0. The molecule has 0 amide bonds. The van der Waals surface area contributed by atoms with Gasteiger partial charge >= 0.3 is 0 Å². The summed E-state index contributed by atoms with van der Waals surface area (Å²) in [5, 5.41) is 8.83. The van der Waals surface area contributed by atoms with Crippen LogP contribution in [0.25, 0.3) is 0 Å². The third kappa shape index (κ3) is 2.05. The molecule has 1 aromatic rings. The first-order chi connectivity index (χ1) is 6.72. The lowest BCUT2D eigenvalue weighted by Gasteiger charge is -2.11. The lowest BCUT2D eigenvalue weighted by atomic mass is 10.0. The Labute approximate surface area is 85.1 Å². The van der Waals surface area contributed by atoms with Crippen LogP contribution in [0.5, 0.6) is 5.75 Å². The zero-order valence-corrected chi connectivity index (χ0v) is 8.92. The summed E-state index contributed by atoms with van der Waals surface area (Å²) in [6, 6.07) is 5.93. The number of hydrogen-bond acceptors (Lipinski definition) is 2. The molecule has 0 radical (unpaired) electrons. The molecule has 2 nitrogen and oxygen atoms in total. The minimum absolute atomic E-state index is 0.715. The van der Waals surface area contributed by atoms with Gasteiger partial charge in [-0.2, -0.15) is 5.26 Å². The maximum atomic E-state index is 8.83. The lowest BCUT2D eigenvalue weighted by Crippen LogP contribution is -1.96. The summed E-state index contributed by atoms with van der Waals surface area (Å²) in [7, 11) is 1.67. The van der Waals surface area contributed by atoms with Crippen LogP contribution in [0.1, 0.15) is 30.0 Å². The topological polar surface area (TPSA) is 33.0 Å². The van der Waals surface area contributed by atoms with Crippen LogP contribution in [-0.2, 0) is 6.42 Å². The van der Waals surface area contributed by atoms with Gasteiger partial charge < -0.3 is 4.74 Å².